The molecule has 8 fully saturated rings. The summed E-state index contributed by atoms with van der Waals surface area (Å²) in [5.41, 5.74) is 12.5. The number of aromatic hydroxyl groups is 1. The second kappa shape index (κ2) is 43.8. The molecular formula is C111H128N4O12. The van der Waals surface area contributed by atoms with Crippen LogP contribution in [0, 0.1) is 75.0 Å². The van der Waals surface area contributed by atoms with Crippen LogP contribution in [0.5, 0.6) is 46.0 Å². The van der Waals surface area contributed by atoms with Crippen LogP contribution in [0.3, 0.4) is 0 Å². The predicted molar refractivity (Wildman–Crippen MR) is 502 cm³/mol. The number of benzene rings is 11. The fourth-order valence-corrected chi connectivity index (χ4v) is 20.5. The van der Waals surface area contributed by atoms with E-state index in [1.807, 2.05) is 135 Å². The van der Waals surface area contributed by atoms with Crippen molar-refractivity contribution in [3.63, 3.8) is 0 Å². The number of hydrogen-bond acceptors (Lipinski definition) is 16. The van der Waals surface area contributed by atoms with E-state index in [-0.39, 0.29) is 18.0 Å². The van der Waals surface area contributed by atoms with Crippen LogP contribution < -0.4 is 33.2 Å². The normalized spacial score (nSPS) is 23.5. The number of aliphatic hydroxyl groups is 1. The van der Waals surface area contributed by atoms with Crippen LogP contribution >= 0.6 is 0 Å². The number of ketones is 1. The first kappa shape index (κ1) is 89.6. The average molecular weight is 1710 g/mol. The standard InChI is InChI=1S/C30H35NO3.C29H33NO3.C29H31NO3.C23H29NO3/c1-22-8-12-28(13-9-22)34-29-16-25-18-31(19-26(25)17-29)20-30(32-2)24-10-14-27(15-11-24)33-21-23-6-4-3-5-7-23;2*1-21-7-11-27(12-8-21)33-28-15-24-17-30(18-25(24)16-28)19-29(31)23-9-13-26(14-10-23)32-20-22-5-3-2-4-6-22;1-16-3-9-21(10-4-16)27-22-11-18-13-24(14-19(18)12-22)15-23(26-2)17-5-7-20(25)8-6-17/h3-15,25-26,29-30H,16-21H2,1-2H3;2-14,24-25,28-29,31H,15-20H2,1H3;2-14,24-25,28H,15-20H2,1H3;3-10,18-19,22-23,25H,11-15H2,1-2H3/t25-,26+,29?,30?;24-,25+,28?,29?;24-,25+,28?;18-,19+,22?,23?. The van der Waals surface area contributed by atoms with Gasteiger partial charge in [0.2, 0.25) is 0 Å². The minimum atomic E-state index is -0.480. The zero-order valence-electron chi connectivity index (χ0n) is 74.8. The topological polar surface area (TPSA) is 154 Å². The molecule has 11 aromatic rings. The summed E-state index contributed by atoms with van der Waals surface area (Å²) in [7, 11) is 3.58. The van der Waals surface area contributed by atoms with Gasteiger partial charge in [0.1, 0.15) is 65.8 Å². The molecule has 0 bridgehead atoms. The van der Waals surface area contributed by atoms with Gasteiger partial charge in [-0.1, -0.05) is 198 Å². The van der Waals surface area contributed by atoms with Gasteiger partial charge in [-0.15, -0.1) is 0 Å². The van der Waals surface area contributed by atoms with E-state index in [1.54, 1.807) is 19.2 Å². The summed E-state index contributed by atoms with van der Waals surface area (Å²) in [5, 5.41) is 20.3. The Morgan fingerprint density at radius 2 is 0.559 bits per heavy atom. The highest BCUT2D eigenvalue weighted by molar-refractivity contribution is 5.97. The molecule has 16 nitrogen and oxygen atoms in total. The van der Waals surface area contributed by atoms with E-state index in [4.69, 9.17) is 42.6 Å². The summed E-state index contributed by atoms with van der Waals surface area (Å²) >= 11 is 0. The van der Waals surface area contributed by atoms with Gasteiger partial charge >= 0.3 is 0 Å². The first-order valence-corrected chi connectivity index (χ1v) is 46.2. The number of aryl methyl sites for hydroxylation is 4. The van der Waals surface area contributed by atoms with Crippen LogP contribution in [0.1, 0.15) is 136 Å². The molecule has 4 aliphatic carbocycles. The van der Waals surface area contributed by atoms with Gasteiger partial charge < -0.3 is 52.8 Å². The third-order valence-corrected chi connectivity index (χ3v) is 27.3. The summed E-state index contributed by atoms with van der Waals surface area (Å²) in [4.78, 5) is 22.7. The van der Waals surface area contributed by atoms with Gasteiger partial charge in [-0.25, -0.2) is 0 Å². The van der Waals surface area contributed by atoms with Crippen LogP contribution in [-0.4, -0.2) is 153 Å². The summed E-state index contributed by atoms with van der Waals surface area (Å²) in [6.45, 7) is 21.6. The number of Topliss-reactive ketones (excluding diaryl/α,β-unsaturated/α-hetero) is 1. The molecule has 4 heterocycles. The van der Waals surface area contributed by atoms with E-state index >= 15 is 0 Å². The monoisotopic (exact) mass is 1710 g/mol. The maximum absolute atomic E-state index is 12.8. The summed E-state index contributed by atoms with van der Waals surface area (Å²) in [6, 6.07) is 95.1. The number of nitrogens with zero attached hydrogens (tertiary/aromatic N) is 4. The molecule has 7 unspecified atom stereocenters. The Balaban J connectivity index is 0.000000125. The summed E-state index contributed by atoms with van der Waals surface area (Å²) in [5.74, 6) is 12.4. The van der Waals surface area contributed by atoms with E-state index in [1.165, 1.54) is 33.4 Å². The minimum Gasteiger partial charge on any atom is -0.508 e. The van der Waals surface area contributed by atoms with Crippen molar-refractivity contribution in [2.75, 3.05) is 92.8 Å². The summed E-state index contributed by atoms with van der Waals surface area (Å²) in [6.07, 6.45) is 9.92. The number of carbonyl (C=O) groups is 1. The molecule has 4 saturated carbocycles. The molecule has 664 valence electrons. The minimum absolute atomic E-state index is 0.0454. The van der Waals surface area contributed by atoms with E-state index < -0.39 is 6.10 Å². The zero-order chi connectivity index (χ0) is 87.4. The van der Waals surface area contributed by atoms with E-state index in [2.05, 4.69) is 193 Å². The van der Waals surface area contributed by atoms with Gasteiger partial charge in [0.05, 0.1) is 49.3 Å². The van der Waals surface area contributed by atoms with Crippen molar-refractivity contribution in [2.24, 2.45) is 47.3 Å². The largest absolute Gasteiger partial charge is 0.508 e. The maximum atomic E-state index is 12.8. The lowest BCUT2D eigenvalue weighted by Gasteiger charge is -2.25. The Morgan fingerprint density at radius 3 is 0.850 bits per heavy atom. The Hall–Kier alpha value is -10.8. The Kier molecular flexibility index (Phi) is 30.9. The number of phenolic OH excluding ortho intramolecular Hbond substituents is 1. The molecule has 4 aliphatic heterocycles. The van der Waals surface area contributed by atoms with Crippen LogP contribution in [0.15, 0.2) is 285 Å². The number of ether oxygens (including phenoxy) is 9. The fraction of sp³-hybridized carbons (Fsp3) is 0.396. The van der Waals surface area contributed by atoms with Crippen molar-refractivity contribution < 1.29 is 57.6 Å². The average Bonchev–Trinajstić information content (AvgIpc) is 1.67. The van der Waals surface area contributed by atoms with Crippen LogP contribution in [0.2, 0.25) is 0 Å². The number of phenols is 1. The van der Waals surface area contributed by atoms with Gasteiger partial charge in [-0.2, -0.15) is 0 Å². The summed E-state index contributed by atoms with van der Waals surface area (Å²) < 4.78 is 54.2. The first-order valence-electron chi connectivity index (χ1n) is 46.2. The molecule has 8 aliphatic rings. The first-order chi connectivity index (χ1) is 62.0. The van der Waals surface area contributed by atoms with E-state index in [0.717, 1.165) is 209 Å². The van der Waals surface area contributed by atoms with Gasteiger partial charge in [0.25, 0.3) is 0 Å². The van der Waals surface area contributed by atoms with Crippen molar-refractivity contribution in [3.05, 3.63) is 346 Å². The Bertz CT molecular complexity index is 5100. The molecule has 0 amide bonds. The number of methoxy groups -OCH3 is 2. The van der Waals surface area contributed by atoms with Gasteiger partial charge in [0.15, 0.2) is 5.78 Å². The number of carbonyl (C=O) groups excluding carboxylic acids is 1. The molecule has 11 aromatic carbocycles. The molecule has 0 radical (unpaired) electrons. The second-order valence-corrected chi connectivity index (χ2v) is 37.0. The molecular weight excluding hydrogens is 1580 g/mol. The van der Waals surface area contributed by atoms with E-state index in [0.29, 0.717) is 86.7 Å². The predicted octanol–water partition coefficient (Wildman–Crippen LogP) is 21.2. The zero-order valence-corrected chi connectivity index (χ0v) is 74.8. The SMILES string of the molecule is COC(CN1C[C@H]2CC(Oc3ccc(C)cc3)C[C@H]2C1)c1ccc(O)cc1.COC(CN1C[C@H]2CC(Oc3ccc(C)cc3)C[C@H]2C1)c1ccc(OCc2ccccc2)cc1.Cc1ccc(OC2C[C@@H]3CN(CC(=O)c4ccc(OCc5ccccc5)cc4)C[C@@H]3C2)cc1.Cc1ccc(OC2C[C@@H]3CN(CC(O)c4ccc(OCc5ccccc5)cc4)C[C@@H]3C2)cc1. The van der Waals surface area contributed by atoms with E-state index in [9.17, 15) is 15.0 Å². The van der Waals surface area contributed by atoms with Crippen LogP contribution in [-0.2, 0) is 29.3 Å². The number of fused-ring (bicyclic) bond motifs is 4. The number of likely N-dealkylation sites (tertiary alicyclic amines) is 4. The molecule has 16 heteroatoms. The lowest BCUT2D eigenvalue weighted by atomic mass is 10.0. The molecule has 19 rings (SSSR count). The number of rotatable bonds is 31. The molecule has 127 heavy (non-hydrogen) atoms. The lowest BCUT2D eigenvalue weighted by Crippen LogP contribution is -2.30. The molecule has 15 atom stereocenters. The van der Waals surface area contributed by atoms with Gasteiger partial charge in [0, 0.05) is 91.8 Å². The third-order valence-electron chi connectivity index (χ3n) is 27.3. The van der Waals surface area contributed by atoms with Crippen molar-refractivity contribution in [2.45, 2.75) is 142 Å². The van der Waals surface area contributed by atoms with Gasteiger partial charge in [-0.3, -0.25) is 24.4 Å². The fourth-order valence-electron chi connectivity index (χ4n) is 20.5. The smallest absolute Gasteiger partial charge is 0.176 e. The molecule has 0 aromatic heterocycles. The number of aliphatic hydroxyl groups excluding tert-OH is 1. The Morgan fingerprint density at radius 1 is 0.307 bits per heavy atom. The Labute approximate surface area is 752 Å². The van der Waals surface area contributed by atoms with Crippen LogP contribution in [0.25, 0.3) is 0 Å². The highest BCUT2D eigenvalue weighted by Crippen LogP contribution is 2.45. The molecule has 0 spiro atoms. The quantitative estimate of drug-likeness (QED) is 0.0396. The highest BCUT2D eigenvalue weighted by Gasteiger charge is 2.46. The van der Waals surface area contributed by atoms with Crippen molar-refractivity contribution in [3.8, 4) is 46.0 Å². The van der Waals surface area contributed by atoms with Gasteiger partial charge in [-0.05, 0) is 269 Å². The molecule has 2 N–H and O–H groups in total. The second-order valence-electron chi connectivity index (χ2n) is 37.0. The van der Waals surface area contributed by atoms with Crippen molar-refractivity contribution in [1.82, 2.24) is 19.6 Å². The number of β-amino-alcohol motifs (C(OH)–C–C–N with tert-alkyl or cyclic N) is 1. The molecule has 4 saturated heterocycles. The number of hydrogen-bond donors (Lipinski definition) is 2. The lowest BCUT2D eigenvalue weighted by molar-refractivity contribution is 0.0666. The maximum Gasteiger partial charge on any atom is 0.176 e. The van der Waals surface area contributed by atoms with Crippen molar-refractivity contribution >= 4 is 5.78 Å². The third kappa shape index (κ3) is 25.6. The van der Waals surface area contributed by atoms with Crippen molar-refractivity contribution in [1.29, 1.82) is 0 Å². The van der Waals surface area contributed by atoms with Crippen LogP contribution in [0.4, 0.5) is 0 Å². The highest BCUT2D eigenvalue weighted by atomic mass is 16.5.